The first kappa shape index (κ1) is 14.8. The molecule has 0 fully saturated rings. The minimum absolute atomic E-state index is 0.461. The highest BCUT2D eigenvalue weighted by Crippen LogP contribution is 2.10. The lowest BCUT2D eigenvalue weighted by Crippen LogP contribution is -2.52. The first-order chi connectivity index (χ1) is 7.11. The van der Waals surface area contributed by atoms with E-state index >= 15 is 0 Å². The molecule has 0 aromatic rings. The van der Waals surface area contributed by atoms with Crippen molar-refractivity contribution in [3.05, 3.63) is 0 Å². The van der Waals surface area contributed by atoms with Crippen LogP contribution in [0.4, 0.5) is 0 Å². The summed E-state index contributed by atoms with van der Waals surface area (Å²) in [6, 6.07) is 0.461. The molecule has 0 aliphatic rings. The summed E-state index contributed by atoms with van der Waals surface area (Å²) < 4.78 is 0. The number of hydrazine groups is 3. The quantitative estimate of drug-likeness (QED) is 0.302. The SMILES string of the molecule is CCCCC(CCC)N(N)CNN(C)N. The van der Waals surface area contributed by atoms with Crippen LogP contribution in [-0.4, -0.2) is 29.9 Å². The summed E-state index contributed by atoms with van der Waals surface area (Å²) in [4.78, 5) is 0. The lowest BCUT2D eigenvalue weighted by atomic mass is 10.1. The van der Waals surface area contributed by atoms with Gasteiger partial charge in [-0.25, -0.2) is 10.4 Å². The molecule has 0 rings (SSSR count). The molecule has 0 saturated carbocycles. The van der Waals surface area contributed by atoms with Crippen LogP contribution in [0.15, 0.2) is 0 Å². The Hall–Kier alpha value is -0.200. The summed E-state index contributed by atoms with van der Waals surface area (Å²) in [5, 5.41) is 3.28. The van der Waals surface area contributed by atoms with Crippen molar-refractivity contribution in [2.75, 3.05) is 13.7 Å². The van der Waals surface area contributed by atoms with Gasteiger partial charge in [-0.05, 0) is 12.8 Å². The normalized spacial score (nSPS) is 13.8. The van der Waals surface area contributed by atoms with Gasteiger partial charge in [0, 0.05) is 13.1 Å². The summed E-state index contributed by atoms with van der Waals surface area (Å²) in [5.41, 5.74) is 2.97. The van der Waals surface area contributed by atoms with Crippen LogP contribution in [0.5, 0.6) is 0 Å². The summed E-state index contributed by atoms with van der Waals surface area (Å²) in [6.45, 7) is 4.99. The topological polar surface area (TPSA) is 70.5 Å². The minimum Gasteiger partial charge on any atom is -0.267 e. The largest absolute Gasteiger partial charge is 0.267 e. The molecule has 0 radical (unpaired) electrons. The Labute approximate surface area is 93.7 Å². The highest BCUT2D eigenvalue weighted by Gasteiger charge is 2.13. The molecule has 1 atom stereocenters. The average molecular weight is 217 g/mol. The highest BCUT2D eigenvalue weighted by molar-refractivity contribution is 4.65. The predicted molar refractivity (Wildman–Crippen MR) is 64.2 cm³/mol. The van der Waals surface area contributed by atoms with Gasteiger partial charge >= 0.3 is 0 Å². The monoisotopic (exact) mass is 217 g/mol. The third-order valence-corrected chi connectivity index (χ3v) is 2.48. The van der Waals surface area contributed by atoms with Crippen molar-refractivity contribution in [2.24, 2.45) is 11.7 Å². The number of hydrogen-bond donors (Lipinski definition) is 3. The van der Waals surface area contributed by atoms with Crippen molar-refractivity contribution in [3.8, 4) is 0 Å². The number of hydrogen-bond acceptors (Lipinski definition) is 5. The maximum absolute atomic E-state index is 5.98. The van der Waals surface area contributed by atoms with E-state index < -0.39 is 0 Å². The van der Waals surface area contributed by atoms with Crippen LogP contribution in [0.2, 0.25) is 0 Å². The Morgan fingerprint density at radius 1 is 1.13 bits per heavy atom. The predicted octanol–water partition coefficient (Wildman–Crippen LogP) is 0.789. The van der Waals surface area contributed by atoms with E-state index in [1.54, 1.807) is 7.05 Å². The molecule has 0 spiro atoms. The zero-order valence-electron chi connectivity index (χ0n) is 10.4. The summed E-state index contributed by atoms with van der Waals surface area (Å²) in [5.74, 6) is 11.4. The van der Waals surface area contributed by atoms with Crippen molar-refractivity contribution in [2.45, 2.75) is 52.0 Å². The Morgan fingerprint density at radius 3 is 2.27 bits per heavy atom. The van der Waals surface area contributed by atoms with Crippen molar-refractivity contribution >= 4 is 0 Å². The van der Waals surface area contributed by atoms with E-state index in [0.29, 0.717) is 12.7 Å². The molecule has 0 bridgehead atoms. The molecular weight excluding hydrogens is 190 g/mol. The zero-order valence-corrected chi connectivity index (χ0v) is 10.4. The van der Waals surface area contributed by atoms with Crippen LogP contribution >= 0.6 is 0 Å². The Morgan fingerprint density at radius 2 is 1.80 bits per heavy atom. The second-order valence-corrected chi connectivity index (χ2v) is 4.03. The molecule has 92 valence electrons. The van der Waals surface area contributed by atoms with Gasteiger partial charge in [0.1, 0.15) is 0 Å². The van der Waals surface area contributed by atoms with Gasteiger partial charge < -0.3 is 0 Å². The van der Waals surface area contributed by atoms with Crippen molar-refractivity contribution < 1.29 is 0 Å². The molecule has 15 heavy (non-hydrogen) atoms. The molecular formula is C10H27N5. The lowest BCUT2D eigenvalue weighted by Gasteiger charge is -2.28. The molecule has 0 aromatic heterocycles. The fourth-order valence-electron chi connectivity index (χ4n) is 1.57. The standard InChI is InChI=1S/C10H27N5/c1-4-6-8-10(7-5-2)15(12)9-13-14(3)11/h10,13H,4-9,11-12H2,1-3H3. The molecule has 5 N–H and O–H groups in total. The van der Waals surface area contributed by atoms with E-state index in [1.165, 1.54) is 24.4 Å². The number of nitrogens with one attached hydrogen (secondary N) is 1. The maximum Gasteiger partial charge on any atom is 0.0767 e. The van der Waals surface area contributed by atoms with Crippen molar-refractivity contribution in [3.63, 3.8) is 0 Å². The third-order valence-electron chi connectivity index (χ3n) is 2.48. The van der Waals surface area contributed by atoms with E-state index in [1.807, 2.05) is 5.01 Å². The van der Waals surface area contributed by atoms with E-state index in [0.717, 1.165) is 12.8 Å². The van der Waals surface area contributed by atoms with Gasteiger partial charge in [-0.1, -0.05) is 33.1 Å². The zero-order chi connectivity index (χ0) is 11.7. The number of nitrogens with two attached hydrogens (primary N) is 2. The first-order valence-electron chi connectivity index (χ1n) is 5.85. The smallest absolute Gasteiger partial charge is 0.0767 e. The van der Waals surface area contributed by atoms with E-state index in [-0.39, 0.29) is 0 Å². The first-order valence-corrected chi connectivity index (χ1v) is 5.85. The molecule has 0 aromatic carbocycles. The fraction of sp³-hybridized carbons (Fsp3) is 1.00. The second-order valence-electron chi connectivity index (χ2n) is 4.03. The summed E-state index contributed by atoms with van der Waals surface area (Å²) in [7, 11) is 1.76. The number of rotatable bonds is 9. The molecule has 0 amide bonds. The lowest BCUT2D eigenvalue weighted by molar-refractivity contribution is 0.107. The van der Waals surface area contributed by atoms with Crippen molar-refractivity contribution in [1.82, 2.24) is 15.6 Å². The van der Waals surface area contributed by atoms with Crippen LogP contribution in [0, 0.1) is 0 Å². The molecule has 0 aliphatic carbocycles. The number of nitrogens with zero attached hydrogens (tertiary/aromatic N) is 2. The Kier molecular flexibility index (Phi) is 8.94. The summed E-state index contributed by atoms with van der Waals surface area (Å²) >= 11 is 0. The van der Waals surface area contributed by atoms with Gasteiger partial charge in [-0.3, -0.25) is 11.7 Å². The molecule has 0 heterocycles. The van der Waals surface area contributed by atoms with Gasteiger partial charge in [0.25, 0.3) is 0 Å². The average Bonchev–Trinajstić information content (AvgIpc) is 2.20. The second kappa shape index (κ2) is 9.06. The maximum atomic E-state index is 5.98. The van der Waals surface area contributed by atoms with E-state index in [9.17, 15) is 0 Å². The highest BCUT2D eigenvalue weighted by atomic mass is 15.7. The van der Waals surface area contributed by atoms with E-state index in [2.05, 4.69) is 19.3 Å². The van der Waals surface area contributed by atoms with Gasteiger partial charge in [0.2, 0.25) is 0 Å². The van der Waals surface area contributed by atoms with Crippen LogP contribution < -0.4 is 17.1 Å². The molecule has 5 heteroatoms. The minimum atomic E-state index is 0.461. The summed E-state index contributed by atoms with van der Waals surface area (Å²) in [6.07, 6.45) is 5.93. The van der Waals surface area contributed by atoms with Crippen molar-refractivity contribution in [1.29, 1.82) is 0 Å². The van der Waals surface area contributed by atoms with Gasteiger partial charge in [-0.2, -0.15) is 5.12 Å². The fourth-order valence-corrected chi connectivity index (χ4v) is 1.57. The third kappa shape index (κ3) is 7.70. The van der Waals surface area contributed by atoms with Crippen LogP contribution in [0.25, 0.3) is 0 Å². The molecule has 0 aliphatic heterocycles. The van der Waals surface area contributed by atoms with Gasteiger partial charge in [0.15, 0.2) is 0 Å². The number of unbranched alkanes of at least 4 members (excludes halogenated alkanes) is 1. The Bertz CT molecular complexity index is 140. The van der Waals surface area contributed by atoms with Crippen LogP contribution in [-0.2, 0) is 0 Å². The van der Waals surface area contributed by atoms with E-state index in [4.69, 9.17) is 11.7 Å². The Balaban J connectivity index is 3.86. The molecule has 0 saturated heterocycles. The van der Waals surface area contributed by atoms with Gasteiger partial charge in [0.05, 0.1) is 6.67 Å². The van der Waals surface area contributed by atoms with Gasteiger partial charge in [-0.15, -0.1) is 0 Å². The molecule has 5 nitrogen and oxygen atoms in total. The van der Waals surface area contributed by atoms with Crippen LogP contribution in [0.1, 0.15) is 46.0 Å². The van der Waals surface area contributed by atoms with Crippen LogP contribution in [0.3, 0.4) is 0 Å². The molecule has 1 unspecified atom stereocenters.